The van der Waals surface area contributed by atoms with Gasteiger partial charge in [-0.05, 0) is 48.2 Å². The third-order valence-corrected chi connectivity index (χ3v) is 5.62. The summed E-state index contributed by atoms with van der Waals surface area (Å²) in [5, 5.41) is 11.2. The van der Waals surface area contributed by atoms with Crippen molar-refractivity contribution in [3.05, 3.63) is 59.9 Å². The van der Waals surface area contributed by atoms with Gasteiger partial charge in [-0.3, -0.25) is 0 Å². The first-order chi connectivity index (χ1) is 13.8. The lowest BCUT2D eigenvalue weighted by atomic mass is 10.2. The standard InChI is InChI=1S/C20H25N7S/c1-2-21-20(26-12-10-25(11-13-26)19-5-3-14-28-19)23-16-17-6-8-22-18(15-17)27-9-4-7-24-27/h3-9,14-15H,2,10-13,16H2,1H3,(H,21,23). The van der Waals surface area contributed by atoms with Gasteiger partial charge in [0.25, 0.3) is 0 Å². The molecule has 0 amide bonds. The summed E-state index contributed by atoms with van der Waals surface area (Å²) in [7, 11) is 0. The first-order valence-corrected chi connectivity index (χ1v) is 10.5. The lowest BCUT2D eigenvalue weighted by Crippen LogP contribution is -2.52. The van der Waals surface area contributed by atoms with Crippen LogP contribution in [0.4, 0.5) is 5.00 Å². The highest BCUT2D eigenvalue weighted by Crippen LogP contribution is 2.22. The minimum Gasteiger partial charge on any atom is -0.360 e. The second-order valence-electron chi connectivity index (χ2n) is 6.57. The van der Waals surface area contributed by atoms with Crippen molar-refractivity contribution in [1.29, 1.82) is 0 Å². The van der Waals surface area contributed by atoms with Crippen LogP contribution in [0.5, 0.6) is 0 Å². The number of guanidine groups is 1. The predicted molar refractivity (Wildman–Crippen MR) is 114 cm³/mol. The Hall–Kier alpha value is -2.87. The molecule has 4 rings (SSSR count). The molecule has 0 unspecified atom stereocenters. The van der Waals surface area contributed by atoms with Crippen LogP contribution in [0.1, 0.15) is 12.5 Å². The van der Waals surface area contributed by atoms with Gasteiger partial charge in [-0.15, -0.1) is 11.3 Å². The van der Waals surface area contributed by atoms with E-state index in [1.807, 2.05) is 30.6 Å². The Balaban J connectivity index is 1.42. The van der Waals surface area contributed by atoms with Crippen molar-refractivity contribution >= 4 is 22.3 Å². The molecule has 3 aromatic heterocycles. The maximum atomic E-state index is 4.88. The van der Waals surface area contributed by atoms with E-state index >= 15 is 0 Å². The fourth-order valence-corrected chi connectivity index (χ4v) is 4.05. The predicted octanol–water partition coefficient (Wildman–Crippen LogP) is 2.62. The molecule has 1 aliphatic heterocycles. The SMILES string of the molecule is CCNC(=NCc1ccnc(-n2cccn2)c1)N1CCN(c2cccs2)CC1. The number of piperazine rings is 1. The summed E-state index contributed by atoms with van der Waals surface area (Å²) in [6.45, 7) is 7.56. The van der Waals surface area contributed by atoms with E-state index in [0.29, 0.717) is 6.54 Å². The van der Waals surface area contributed by atoms with Crippen LogP contribution in [0.25, 0.3) is 5.82 Å². The van der Waals surface area contributed by atoms with Crippen LogP contribution >= 0.6 is 11.3 Å². The van der Waals surface area contributed by atoms with E-state index in [1.165, 1.54) is 5.00 Å². The Kier molecular flexibility index (Phi) is 5.86. The van der Waals surface area contributed by atoms with Crippen LogP contribution in [0.3, 0.4) is 0 Å². The second-order valence-corrected chi connectivity index (χ2v) is 7.49. The molecule has 0 radical (unpaired) electrons. The van der Waals surface area contributed by atoms with Gasteiger partial charge in [-0.25, -0.2) is 14.7 Å². The number of thiophene rings is 1. The number of aliphatic imine (C=N–C) groups is 1. The Labute approximate surface area is 169 Å². The summed E-state index contributed by atoms with van der Waals surface area (Å²) in [6, 6.07) is 10.2. The number of aromatic nitrogens is 3. The maximum Gasteiger partial charge on any atom is 0.194 e. The van der Waals surface area contributed by atoms with Crippen LogP contribution in [-0.4, -0.2) is 58.3 Å². The van der Waals surface area contributed by atoms with Crippen LogP contribution in [0.15, 0.2) is 59.3 Å². The van der Waals surface area contributed by atoms with Crippen molar-refractivity contribution in [2.45, 2.75) is 13.5 Å². The Morgan fingerprint density at radius 3 is 2.79 bits per heavy atom. The largest absolute Gasteiger partial charge is 0.360 e. The molecule has 28 heavy (non-hydrogen) atoms. The minimum absolute atomic E-state index is 0.615. The molecule has 0 spiro atoms. The first kappa shape index (κ1) is 18.5. The van der Waals surface area contributed by atoms with Crippen LogP contribution in [-0.2, 0) is 6.54 Å². The topological polar surface area (TPSA) is 61.6 Å². The molecule has 7 nitrogen and oxygen atoms in total. The molecule has 1 aliphatic rings. The molecule has 3 aromatic rings. The smallest absolute Gasteiger partial charge is 0.194 e. The summed E-state index contributed by atoms with van der Waals surface area (Å²) in [5.74, 6) is 1.79. The number of nitrogens with one attached hydrogen (secondary N) is 1. The van der Waals surface area contributed by atoms with Gasteiger partial charge >= 0.3 is 0 Å². The van der Waals surface area contributed by atoms with E-state index in [-0.39, 0.29) is 0 Å². The van der Waals surface area contributed by atoms with Gasteiger partial charge in [0.05, 0.1) is 11.5 Å². The van der Waals surface area contributed by atoms with Gasteiger partial charge in [-0.2, -0.15) is 5.10 Å². The molecule has 146 valence electrons. The molecule has 4 heterocycles. The quantitative estimate of drug-likeness (QED) is 0.532. The summed E-state index contributed by atoms with van der Waals surface area (Å²) in [5.41, 5.74) is 1.12. The molecule has 0 saturated carbocycles. The number of hydrogen-bond donors (Lipinski definition) is 1. The Bertz CT molecular complexity index is 881. The fourth-order valence-electron chi connectivity index (χ4n) is 3.27. The van der Waals surface area contributed by atoms with Crippen molar-refractivity contribution in [1.82, 2.24) is 25.0 Å². The highest BCUT2D eigenvalue weighted by atomic mass is 32.1. The highest BCUT2D eigenvalue weighted by molar-refractivity contribution is 7.14. The summed E-state index contributed by atoms with van der Waals surface area (Å²) in [4.78, 5) is 14.1. The minimum atomic E-state index is 0.615. The second kappa shape index (κ2) is 8.88. The van der Waals surface area contributed by atoms with Gasteiger partial charge in [0, 0.05) is 51.3 Å². The molecule has 1 N–H and O–H groups in total. The summed E-state index contributed by atoms with van der Waals surface area (Å²) >= 11 is 1.81. The van der Waals surface area contributed by atoms with Crippen molar-refractivity contribution < 1.29 is 0 Å². The van der Waals surface area contributed by atoms with Crippen molar-refractivity contribution in [2.75, 3.05) is 37.6 Å². The molecule has 1 fully saturated rings. The average molecular weight is 396 g/mol. The van der Waals surface area contributed by atoms with E-state index in [1.54, 1.807) is 22.2 Å². The zero-order chi connectivity index (χ0) is 19.2. The molecule has 1 saturated heterocycles. The number of hydrogen-bond acceptors (Lipinski definition) is 5. The van der Waals surface area contributed by atoms with Crippen LogP contribution in [0.2, 0.25) is 0 Å². The molecule has 8 heteroatoms. The number of nitrogens with zero attached hydrogens (tertiary/aromatic N) is 6. The molecule has 0 bridgehead atoms. The average Bonchev–Trinajstić information content (AvgIpc) is 3.46. The summed E-state index contributed by atoms with van der Waals surface area (Å²) in [6.07, 6.45) is 5.47. The van der Waals surface area contributed by atoms with E-state index in [4.69, 9.17) is 4.99 Å². The summed E-state index contributed by atoms with van der Waals surface area (Å²) < 4.78 is 1.77. The molecular weight excluding hydrogens is 370 g/mol. The van der Waals surface area contributed by atoms with Crippen molar-refractivity contribution in [2.24, 2.45) is 4.99 Å². The third-order valence-electron chi connectivity index (χ3n) is 4.69. The van der Waals surface area contributed by atoms with Crippen LogP contribution in [0, 0.1) is 0 Å². The van der Waals surface area contributed by atoms with Gasteiger partial charge in [0.15, 0.2) is 11.8 Å². The number of pyridine rings is 1. The van der Waals surface area contributed by atoms with Crippen molar-refractivity contribution in [3.8, 4) is 5.82 Å². The lowest BCUT2D eigenvalue weighted by Gasteiger charge is -2.37. The number of anilines is 1. The first-order valence-electron chi connectivity index (χ1n) is 9.60. The van der Waals surface area contributed by atoms with Gasteiger partial charge in [-0.1, -0.05) is 0 Å². The van der Waals surface area contributed by atoms with E-state index in [0.717, 1.165) is 50.1 Å². The van der Waals surface area contributed by atoms with E-state index < -0.39 is 0 Å². The Morgan fingerprint density at radius 2 is 2.07 bits per heavy atom. The molecule has 0 atom stereocenters. The highest BCUT2D eigenvalue weighted by Gasteiger charge is 2.20. The van der Waals surface area contributed by atoms with Gasteiger partial charge < -0.3 is 15.1 Å². The lowest BCUT2D eigenvalue weighted by molar-refractivity contribution is 0.373. The maximum absolute atomic E-state index is 4.88. The monoisotopic (exact) mass is 395 g/mol. The number of rotatable bonds is 5. The molecular formula is C20H25N7S. The molecule has 0 aromatic carbocycles. The van der Waals surface area contributed by atoms with E-state index in [2.05, 4.69) is 49.6 Å². The van der Waals surface area contributed by atoms with Gasteiger partial charge in [0.2, 0.25) is 0 Å². The van der Waals surface area contributed by atoms with Crippen molar-refractivity contribution in [3.63, 3.8) is 0 Å². The third kappa shape index (κ3) is 4.33. The van der Waals surface area contributed by atoms with Gasteiger partial charge in [0.1, 0.15) is 0 Å². The Morgan fingerprint density at radius 1 is 1.18 bits per heavy atom. The van der Waals surface area contributed by atoms with Crippen LogP contribution < -0.4 is 10.2 Å². The molecule has 0 aliphatic carbocycles. The zero-order valence-corrected chi connectivity index (χ0v) is 16.8. The normalized spacial score (nSPS) is 15.1. The van der Waals surface area contributed by atoms with E-state index in [9.17, 15) is 0 Å². The fraction of sp³-hybridized carbons (Fsp3) is 0.350. The zero-order valence-electron chi connectivity index (χ0n) is 16.0.